The Balaban J connectivity index is 1.79. The molecule has 26 heavy (non-hydrogen) atoms. The maximum Gasteiger partial charge on any atom is 0.303 e. The molecule has 0 fully saturated rings. The first kappa shape index (κ1) is 19.0. The van der Waals surface area contributed by atoms with Crippen LogP contribution in [0.2, 0.25) is 0 Å². The second-order valence-electron chi connectivity index (χ2n) is 5.70. The van der Waals surface area contributed by atoms with Crippen molar-refractivity contribution in [3.8, 4) is 11.8 Å². The molecule has 0 heterocycles. The molecule has 2 rings (SSSR count). The van der Waals surface area contributed by atoms with Crippen LogP contribution < -0.4 is 10.1 Å². The Morgan fingerprint density at radius 1 is 1.04 bits per heavy atom. The van der Waals surface area contributed by atoms with Crippen LogP contribution in [0, 0.1) is 11.3 Å². The van der Waals surface area contributed by atoms with Gasteiger partial charge in [0.05, 0.1) is 19.1 Å². The van der Waals surface area contributed by atoms with E-state index in [2.05, 4.69) is 11.4 Å². The molecule has 1 amide bonds. The second kappa shape index (κ2) is 9.84. The van der Waals surface area contributed by atoms with Crippen molar-refractivity contribution in [1.29, 1.82) is 5.26 Å². The zero-order chi connectivity index (χ0) is 18.8. The minimum atomic E-state index is -0.834. The van der Waals surface area contributed by atoms with E-state index in [-0.39, 0.29) is 12.3 Å². The molecule has 0 radical (unpaired) electrons. The number of nitriles is 1. The molecule has 0 bridgehead atoms. The van der Waals surface area contributed by atoms with Crippen molar-refractivity contribution in [1.82, 2.24) is 5.32 Å². The highest BCUT2D eigenvalue weighted by Crippen LogP contribution is 2.13. The lowest BCUT2D eigenvalue weighted by molar-refractivity contribution is -0.137. The molecule has 0 aliphatic rings. The maximum absolute atomic E-state index is 12.1. The molecule has 6 nitrogen and oxygen atoms in total. The summed E-state index contributed by atoms with van der Waals surface area (Å²) in [5.41, 5.74) is 2.35. The molecule has 0 saturated heterocycles. The van der Waals surface area contributed by atoms with Crippen LogP contribution in [0.25, 0.3) is 0 Å². The Hall–Kier alpha value is -3.33. The highest BCUT2D eigenvalue weighted by molar-refractivity contribution is 5.94. The van der Waals surface area contributed by atoms with Crippen LogP contribution in [0.3, 0.4) is 0 Å². The molecule has 0 atom stereocenters. The van der Waals surface area contributed by atoms with Gasteiger partial charge < -0.3 is 15.2 Å². The van der Waals surface area contributed by atoms with Crippen molar-refractivity contribution in [2.24, 2.45) is 0 Å². The number of hydrogen-bond donors (Lipinski definition) is 2. The van der Waals surface area contributed by atoms with Crippen molar-refractivity contribution in [3.63, 3.8) is 0 Å². The van der Waals surface area contributed by atoms with Gasteiger partial charge in [-0.15, -0.1) is 0 Å². The fourth-order valence-corrected chi connectivity index (χ4v) is 2.27. The van der Waals surface area contributed by atoms with Gasteiger partial charge in [-0.1, -0.05) is 24.3 Å². The number of aliphatic carboxylic acids is 1. The number of amides is 1. The summed E-state index contributed by atoms with van der Waals surface area (Å²) in [5.74, 6) is -0.347. The van der Waals surface area contributed by atoms with Gasteiger partial charge in [-0.05, 0) is 41.8 Å². The van der Waals surface area contributed by atoms with E-state index in [0.717, 1.165) is 11.1 Å². The summed E-state index contributed by atoms with van der Waals surface area (Å²) in [5, 5.41) is 20.1. The third-order valence-electron chi connectivity index (χ3n) is 3.68. The molecule has 0 aliphatic heterocycles. The van der Waals surface area contributed by atoms with Crippen molar-refractivity contribution in [2.45, 2.75) is 25.8 Å². The number of rotatable bonds is 9. The molecule has 0 aliphatic carbocycles. The number of benzene rings is 2. The molecule has 0 saturated carbocycles. The summed E-state index contributed by atoms with van der Waals surface area (Å²) in [6.07, 6.45) is 0.870. The number of carbonyl (C=O) groups excluding carboxylic acids is 1. The van der Waals surface area contributed by atoms with Gasteiger partial charge in [-0.2, -0.15) is 5.26 Å². The highest BCUT2D eigenvalue weighted by atomic mass is 16.5. The number of carboxylic acids is 1. The molecule has 0 aromatic heterocycles. The average Bonchev–Trinajstić information content (AvgIpc) is 2.65. The molecule has 0 unspecified atom stereocenters. The Morgan fingerprint density at radius 2 is 1.69 bits per heavy atom. The largest absolute Gasteiger partial charge is 0.494 e. The molecule has 2 aromatic rings. The minimum absolute atomic E-state index is 0.0849. The molecule has 134 valence electrons. The molecule has 0 spiro atoms. The summed E-state index contributed by atoms with van der Waals surface area (Å²) in [6, 6.07) is 16.3. The van der Waals surface area contributed by atoms with Gasteiger partial charge in [0.1, 0.15) is 5.75 Å². The average molecular weight is 352 g/mol. The Labute approximate surface area is 152 Å². The van der Waals surface area contributed by atoms with Gasteiger partial charge in [0, 0.05) is 18.5 Å². The quantitative estimate of drug-likeness (QED) is 0.676. The summed E-state index contributed by atoms with van der Waals surface area (Å²) < 4.78 is 5.46. The maximum atomic E-state index is 12.1. The number of nitrogens with zero attached hydrogens (tertiary/aromatic N) is 1. The summed E-state index contributed by atoms with van der Waals surface area (Å²) in [7, 11) is 0. The lowest BCUT2D eigenvalue weighted by atomic mass is 10.1. The van der Waals surface area contributed by atoms with E-state index in [1.54, 1.807) is 36.4 Å². The van der Waals surface area contributed by atoms with Crippen molar-refractivity contribution in [3.05, 3.63) is 65.2 Å². The van der Waals surface area contributed by atoms with Gasteiger partial charge in [-0.25, -0.2) is 0 Å². The first-order valence-electron chi connectivity index (χ1n) is 8.26. The highest BCUT2D eigenvalue weighted by Gasteiger charge is 2.05. The first-order chi connectivity index (χ1) is 12.6. The minimum Gasteiger partial charge on any atom is -0.494 e. The number of carboxylic acid groups (broad SMARTS) is 1. The number of hydrogen-bond acceptors (Lipinski definition) is 4. The fraction of sp³-hybridized carbons (Fsp3) is 0.250. The normalized spacial score (nSPS) is 9.96. The predicted octanol–water partition coefficient (Wildman–Crippen LogP) is 2.93. The lowest BCUT2D eigenvalue weighted by Crippen LogP contribution is -2.22. The van der Waals surface area contributed by atoms with Crippen LogP contribution in [-0.2, 0) is 17.8 Å². The van der Waals surface area contributed by atoms with E-state index in [9.17, 15) is 9.59 Å². The molecule has 2 N–H and O–H groups in total. The standard InChI is InChI=1S/C20H20N2O4/c21-12-11-15-3-7-17(8-4-15)20(25)22-14-16-5-9-18(10-6-16)26-13-1-2-19(23)24/h3-10H,1-2,11,13-14H2,(H,22,25)(H,23,24). The molecular formula is C20H20N2O4. The summed E-state index contributed by atoms with van der Waals surface area (Å²) in [4.78, 5) is 22.6. The first-order valence-corrected chi connectivity index (χ1v) is 8.26. The van der Waals surface area contributed by atoms with E-state index < -0.39 is 5.97 Å². The van der Waals surface area contributed by atoms with Gasteiger partial charge in [0.2, 0.25) is 0 Å². The van der Waals surface area contributed by atoms with Gasteiger partial charge in [0.25, 0.3) is 5.91 Å². The molecule has 6 heteroatoms. The topological polar surface area (TPSA) is 99.4 Å². The van der Waals surface area contributed by atoms with E-state index in [1.807, 2.05) is 12.1 Å². The van der Waals surface area contributed by atoms with Crippen LogP contribution in [0.15, 0.2) is 48.5 Å². The zero-order valence-corrected chi connectivity index (χ0v) is 14.3. The lowest BCUT2D eigenvalue weighted by Gasteiger charge is -2.08. The van der Waals surface area contributed by atoms with Crippen LogP contribution in [0.4, 0.5) is 0 Å². The smallest absolute Gasteiger partial charge is 0.303 e. The van der Waals surface area contributed by atoms with Gasteiger partial charge in [0.15, 0.2) is 0 Å². The van der Waals surface area contributed by atoms with E-state index >= 15 is 0 Å². The zero-order valence-electron chi connectivity index (χ0n) is 14.3. The summed E-state index contributed by atoms with van der Waals surface area (Å²) in [6.45, 7) is 0.738. The van der Waals surface area contributed by atoms with E-state index in [4.69, 9.17) is 15.1 Å². The third-order valence-corrected chi connectivity index (χ3v) is 3.68. The van der Waals surface area contributed by atoms with E-state index in [1.165, 1.54) is 0 Å². The second-order valence-corrected chi connectivity index (χ2v) is 5.70. The number of nitrogens with one attached hydrogen (secondary N) is 1. The third kappa shape index (κ3) is 6.29. The van der Waals surface area contributed by atoms with E-state index in [0.29, 0.717) is 37.3 Å². The molecular weight excluding hydrogens is 332 g/mol. The van der Waals surface area contributed by atoms with Gasteiger partial charge >= 0.3 is 5.97 Å². The predicted molar refractivity (Wildman–Crippen MR) is 95.7 cm³/mol. The fourth-order valence-electron chi connectivity index (χ4n) is 2.27. The monoisotopic (exact) mass is 352 g/mol. The summed E-state index contributed by atoms with van der Waals surface area (Å²) >= 11 is 0. The van der Waals surface area contributed by atoms with Crippen LogP contribution >= 0.6 is 0 Å². The Kier molecular flexibility index (Phi) is 7.19. The number of carbonyl (C=O) groups is 2. The van der Waals surface area contributed by atoms with Crippen LogP contribution in [0.5, 0.6) is 5.75 Å². The van der Waals surface area contributed by atoms with Crippen molar-refractivity contribution in [2.75, 3.05) is 6.61 Å². The van der Waals surface area contributed by atoms with Crippen LogP contribution in [-0.4, -0.2) is 23.6 Å². The van der Waals surface area contributed by atoms with Gasteiger partial charge in [-0.3, -0.25) is 9.59 Å². The van der Waals surface area contributed by atoms with Crippen LogP contribution in [0.1, 0.15) is 34.3 Å². The number of ether oxygens (including phenoxy) is 1. The Bertz CT molecular complexity index is 777. The van der Waals surface area contributed by atoms with Crippen molar-refractivity contribution >= 4 is 11.9 Å². The SMILES string of the molecule is N#CCc1ccc(C(=O)NCc2ccc(OCCCC(=O)O)cc2)cc1. The Morgan fingerprint density at radius 3 is 2.31 bits per heavy atom. The molecule has 2 aromatic carbocycles. The van der Waals surface area contributed by atoms with Crippen molar-refractivity contribution < 1.29 is 19.4 Å².